The second kappa shape index (κ2) is 35.9. The van der Waals surface area contributed by atoms with Gasteiger partial charge >= 0.3 is 11.9 Å². The summed E-state index contributed by atoms with van der Waals surface area (Å²) in [6, 6.07) is 0. The average molecular weight is 621 g/mol. The van der Waals surface area contributed by atoms with Crippen LogP contribution in [0.1, 0.15) is 194 Å². The van der Waals surface area contributed by atoms with E-state index in [4.69, 9.17) is 9.47 Å². The molecule has 0 spiro atoms. The maximum Gasteiger partial charge on any atom is 0.305 e. The Morgan fingerprint density at radius 1 is 0.455 bits per heavy atom. The Labute approximate surface area is 273 Å². The van der Waals surface area contributed by atoms with Crippen LogP contribution < -0.4 is 0 Å². The molecule has 0 rings (SSSR count). The molecule has 44 heavy (non-hydrogen) atoms. The SMILES string of the molecule is CCCCCCCC/C=C\CCCCCCCC(=O)OCC(O)COC(=O)CCCCCCC/C=C/CCCCCCCC. The first-order valence-electron chi connectivity index (χ1n) is 18.9. The number of ether oxygens (including phenoxy) is 2. The van der Waals surface area contributed by atoms with E-state index in [-0.39, 0.29) is 25.2 Å². The lowest BCUT2D eigenvalue weighted by molar-refractivity contribution is -0.152. The molecule has 0 aliphatic heterocycles. The highest BCUT2D eigenvalue weighted by Gasteiger charge is 2.12. The van der Waals surface area contributed by atoms with Crippen LogP contribution in [0.3, 0.4) is 0 Å². The van der Waals surface area contributed by atoms with E-state index in [1.165, 1.54) is 116 Å². The maximum absolute atomic E-state index is 11.9. The Morgan fingerprint density at radius 2 is 0.727 bits per heavy atom. The number of rotatable bonds is 34. The van der Waals surface area contributed by atoms with E-state index in [1.54, 1.807) is 0 Å². The van der Waals surface area contributed by atoms with Gasteiger partial charge in [-0.2, -0.15) is 0 Å². The quantitative estimate of drug-likeness (QED) is 0.0440. The summed E-state index contributed by atoms with van der Waals surface area (Å²) in [5.41, 5.74) is 0. The van der Waals surface area contributed by atoms with Crippen LogP contribution in [-0.4, -0.2) is 36.4 Å². The molecule has 0 radical (unpaired) electrons. The van der Waals surface area contributed by atoms with E-state index in [1.807, 2.05) is 0 Å². The van der Waals surface area contributed by atoms with Crippen LogP contribution in [0, 0.1) is 0 Å². The van der Waals surface area contributed by atoms with Crippen LogP contribution in [-0.2, 0) is 19.1 Å². The molecule has 0 fully saturated rings. The molecule has 0 amide bonds. The summed E-state index contributed by atoms with van der Waals surface area (Å²) < 4.78 is 10.3. The Balaban J connectivity index is 3.45. The van der Waals surface area contributed by atoms with Crippen LogP contribution in [0.25, 0.3) is 0 Å². The summed E-state index contributed by atoms with van der Waals surface area (Å²) in [4.78, 5) is 23.9. The summed E-state index contributed by atoms with van der Waals surface area (Å²) >= 11 is 0. The van der Waals surface area contributed by atoms with Crippen molar-refractivity contribution in [1.29, 1.82) is 0 Å². The molecular formula is C39H72O5. The van der Waals surface area contributed by atoms with Crippen molar-refractivity contribution < 1.29 is 24.2 Å². The lowest BCUT2D eigenvalue weighted by Gasteiger charge is -2.12. The standard InChI is InChI=1S/C39H72O5/c1-3-5-7-9-11-13-15-17-19-21-23-25-27-29-31-33-38(41)43-35-37(40)36-44-39(42)34-32-30-28-26-24-22-20-18-16-14-12-10-8-6-4-2/h17-20,37,40H,3-16,21-36H2,1-2H3/b19-17-,20-18+. The topological polar surface area (TPSA) is 72.8 Å². The second-order valence-corrected chi connectivity index (χ2v) is 12.7. The van der Waals surface area contributed by atoms with Gasteiger partial charge in [0.05, 0.1) is 0 Å². The third-order valence-electron chi connectivity index (χ3n) is 8.16. The lowest BCUT2D eigenvalue weighted by atomic mass is 10.1. The molecule has 0 saturated carbocycles. The number of unbranched alkanes of at least 4 members (excludes halogenated alkanes) is 22. The molecule has 5 heteroatoms. The Hall–Kier alpha value is -1.62. The summed E-state index contributed by atoms with van der Waals surface area (Å²) in [6.45, 7) is 4.28. The molecule has 5 nitrogen and oxygen atoms in total. The van der Waals surface area contributed by atoms with Gasteiger partial charge < -0.3 is 14.6 Å². The highest BCUT2D eigenvalue weighted by atomic mass is 16.6. The Bertz CT molecular complexity index is 615. The summed E-state index contributed by atoms with van der Waals surface area (Å²) in [7, 11) is 0. The molecule has 1 unspecified atom stereocenters. The zero-order chi connectivity index (χ0) is 32.2. The molecule has 0 aliphatic carbocycles. The van der Waals surface area contributed by atoms with Gasteiger partial charge in [0.1, 0.15) is 19.3 Å². The van der Waals surface area contributed by atoms with E-state index in [0.29, 0.717) is 12.8 Å². The van der Waals surface area contributed by atoms with Gasteiger partial charge in [-0.05, 0) is 64.2 Å². The number of aliphatic hydroxyl groups excluding tert-OH is 1. The van der Waals surface area contributed by atoms with E-state index >= 15 is 0 Å². The maximum atomic E-state index is 11.9. The number of esters is 2. The van der Waals surface area contributed by atoms with E-state index < -0.39 is 6.10 Å². The van der Waals surface area contributed by atoms with Crippen molar-refractivity contribution in [2.24, 2.45) is 0 Å². The normalized spacial score (nSPS) is 12.3. The van der Waals surface area contributed by atoms with Crippen LogP contribution in [0.5, 0.6) is 0 Å². The third-order valence-corrected chi connectivity index (χ3v) is 8.16. The van der Waals surface area contributed by atoms with Crippen molar-refractivity contribution in [3.05, 3.63) is 24.3 Å². The molecular weight excluding hydrogens is 548 g/mol. The van der Waals surface area contributed by atoms with Crippen molar-refractivity contribution >= 4 is 11.9 Å². The number of hydrogen-bond acceptors (Lipinski definition) is 5. The first-order valence-corrected chi connectivity index (χ1v) is 18.9. The van der Waals surface area contributed by atoms with Gasteiger partial charge in [0.2, 0.25) is 0 Å². The minimum Gasteiger partial charge on any atom is -0.463 e. The third kappa shape index (κ3) is 34.9. The predicted molar refractivity (Wildman–Crippen MR) is 187 cm³/mol. The number of allylic oxidation sites excluding steroid dienone is 4. The van der Waals surface area contributed by atoms with Crippen LogP contribution in [0.2, 0.25) is 0 Å². The highest BCUT2D eigenvalue weighted by molar-refractivity contribution is 5.69. The van der Waals surface area contributed by atoms with Crippen molar-refractivity contribution in [2.75, 3.05) is 13.2 Å². The van der Waals surface area contributed by atoms with Crippen molar-refractivity contribution in [3.8, 4) is 0 Å². The van der Waals surface area contributed by atoms with Gasteiger partial charge in [-0.15, -0.1) is 0 Å². The number of aliphatic hydroxyl groups is 1. The smallest absolute Gasteiger partial charge is 0.305 e. The van der Waals surface area contributed by atoms with Crippen LogP contribution in [0.4, 0.5) is 0 Å². The summed E-state index contributed by atoms with van der Waals surface area (Å²) in [5, 5.41) is 9.99. The van der Waals surface area contributed by atoms with Gasteiger partial charge in [-0.25, -0.2) is 0 Å². The first-order chi connectivity index (χ1) is 21.6. The molecule has 1 N–H and O–H groups in total. The van der Waals surface area contributed by atoms with Gasteiger partial charge in [-0.1, -0.05) is 141 Å². The minimum absolute atomic E-state index is 0.120. The fraction of sp³-hybridized carbons (Fsp3) is 0.846. The molecule has 0 bridgehead atoms. The zero-order valence-electron chi connectivity index (χ0n) is 29.2. The highest BCUT2D eigenvalue weighted by Crippen LogP contribution is 2.12. The van der Waals surface area contributed by atoms with Gasteiger partial charge in [0.15, 0.2) is 0 Å². The largest absolute Gasteiger partial charge is 0.463 e. The monoisotopic (exact) mass is 621 g/mol. The second-order valence-electron chi connectivity index (χ2n) is 12.7. The number of hydrogen-bond donors (Lipinski definition) is 1. The lowest BCUT2D eigenvalue weighted by Crippen LogP contribution is -2.25. The summed E-state index contributed by atoms with van der Waals surface area (Å²) in [5.74, 6) is -0.581. The molecule has 1 atom stereocenters. The van der Waals surface area contributed by atoms with Crippen LogP contribution in [0.15, 0.2) is 24.3 Å². The number of carbonyl (C=O) groups is 2. The van der Waals surface area contributed by atoms with E-state index in [0.717, 1.165) is 51.4 Å². The minimum atomic E-state index is -0.967. The molecule has 0 aromatic carbocycles. The van der Waals surface area contributed by atoms with E-state index in [2.05, 4.69) is 38.2 Å². The molecule has 0 saturated heterocycles. The van der Waals surface area contributed by atoms with Gasteiger partial charge in [-0.3, -0.25) is 9.59 Å². The number of carbonyl (C=O) groups excluding carboxylic acids is 2. The fourth-order valence-corrected chi connectivity index (χ4v) is 5.25. The van der Waals surface area contributed by atoms with Crippen molar-refractivity contribution in [1.82, 2.24) is 0 Å². The molecule has 0 aromatic rings. The van der Waals surface area contributed by atoms with Crippen molar-refractivity contribution in [3.63, 3.8) is 0 Å². The predicted octanol–water partition coefficient (Wildman–Crippen LogP) is 11.5. The van der Waals surface area contributed by atoms with Crippen LogP contribution >= 0.6 is 0 Å². The Kier molecular flexibility index (Phi) is 34.5. The average Bonchev–Trinajstić information content (AvgIpc) is 3.02. The first kappa shape index (κ1) is 42.4. The van der Waals surface area contributed by atoms with Crippen molar-refractivity contribution in [2.45, 2.75) is 200 Å². The molecule has 0 aliphatic rings. The van der Waals surface area contributed by atoms with Gasteiger partial charge in [0.25, 0.3) is 0 Å². The zero-order valence-corrected chi connectivity index (χ0v) is 29.2. The molecule has 258 valence electrons. The van der Waals surface area contributed by atoms with Gasteiger partial charge in [0, 0.05) is 12.8 Å². The Morgan fingerprint density at radius 3 is 1.05 bits per heavy atom. The van der Waals surface area contributed by atoms with E-state index in [9.17, 15) is 14.7 Å². The summed E-state index contributed by atoms with van der Waals surface area (Å²) in [6.07, 6.45) is 40.8. The molecule has 0 aromatic heterocycles. The molecule has 0 heterocycles. The fourth-order valence-electron chi connectivity index (χ4n) is 5.25.